The lowest BCUT2D eigenvalue weighted by molar-refractivity contribution is 0.414. The summed E-state index contributed by atoms with van der Waals surface area (Å²) < 4.78 is 1.40. The van der Waals surface area contributed by atoms with E-state index in [9.17, 15) is 0 Å². The van der Waals surface area contributed by atoms with Gasteiger partial charge < -0.3 is 10.2 Å². The molecule has 112 valence electrons. The molecule has 2 nitrogen and oxygen atoms in total. The Bertz CT molecular complexity index is 654. The van der Waals surface area contributed by atoms with Crippen LogP contribution in [0.2, 0.25) is 0 Å². The highest BCUT2D eigenvalue weighted by atomic mass is 32.1. The van der Waals surface area contributed by atoms with E-state index >= 15 is 0 Å². The van der Waals surface area contributed by atoms with Crippen LogP contribution in [0, 0.1) is 5.92 Å². The minimum absolute atomic E-state index is 0.745. The summed E-state index contributed by atoms with van der Waals surface area (Å²) in [5.41, 5.74) is 4.12. The maximum absolute atomic E-state index is 3.57. The first kappa shape index (κ1) is 14.6. The van der Waals surface area contributed by atoms with E-state index < -0.39 is 0 Å². The summed E-state index contributed by atoms with van der Waals surface area (Å²) in [6.45, 7) is 4.48. The molecule has 1 aromatic carbocycles. The summed E-state index contributed by atoms with van der Waals surface area (Å²) in [6, 6.07) is 6.89. The van der Waals surface area contributed by atoms with Crippen LogP contribution in [-0.4, -0.2) is 32.1 Å². The maximum atomic E-state index is 3.57. The molecule has 1 aliphatic heterocycles. The number of rotatable bonds is 4. The second kappa shape index (κ2) is 6.20. The SMILES string of the molecule is CC1CC=C(c2ccc3scc(CCN(C)C)c3c2)NC1. The Morgan fingerprint density at radius 1 is 1.33 bits per heavy atom. The Labute approximate surface area is 131 Å². The molecule has 2 aromatic rings. The fraction of sp³-hybridized carbons (Fsp3) is 0.444. The molecule has 0 spiro atoms. The van der Waals surface area contributed by atoms with Crippen molar-refractivity contribution in [2.24, 2.45) is 5.92 Å². The predicted octanol–water partition coefficient (Wildman–Crippen LogP) is 3.98. The van der Waals surface area contributed by atoms with Gasteiger partial charge in [-0.15, -0.1) is 11.3 Å². The van der Waals surface area contributed by atoms with Crippen LogP contribution in [0.4, 0.5) is 0 Å². The Morgan fingerprint density at radius 2 is 2.19 bits per heavy atom. The van der Waals surface area contributed by atoms with Crippen LogP contribution in [0.1, 0.15) is 24.5 Å². The van der Waals surface area contributed by atoms with Gasteiger partial charge in [0, 0.05) is 23.5 Å². The second-order valence-electron chi connectivity index (χ2n) is 6.36. The smallest absolute Gasteiger partial charge is 0.0373 e. The second-order valence-corrected chi connectivity index (χ2v) is 7.28. The number of fused-ring (bicyclic) bond motifs is 1. The third-order valence-electron chi connectivity index (χ3n) is 4.16. The fourth-order valence-corrected chi connectivity index (χ4v) is 3.74. The monoisotopic (exact) mass is 300 g/mol. The molecule has 3 rings (SSSR count). The first-order chi connectivity index (χ1) is 10.1. The highest BCUT2D eigenvalue weighted by Crippen LogP contribution is 2.30. The van der Waals surface area contributed by atoms with Gasteiger partial charge in [0.1, 0.15) is 0 Å². The molecule has 0 radical (unpaired) electrons. The number of hydrogen-bond acceptors (Lipinski definition) is 3. The number of likely N-dealkylation sites (N-methyl/N-ethyl adjacent to an activating group) is 1. The van der Waals surface area contributed by atoms with Gasteiger partial charge in [-0.1, -0.05) is 19.1 Å². The molecule has 21 heavy (non-hydrogen) atoms. The van der Waals surface area contributed by atoms with Gasteiger partial charge >= 0.3 is 0 Å². The summed E-state index contributed by atoms with van der Waals surface area (Å²) in [5.74, 6) is 0.745. The Kier molecular flexibility index (Phi) is 4.32. The minimum atomic E-state index is 0.745. The topological polar surface area (TPSA) is 15.3 Å². The van der Waals surface area contributed by atoms with Gasteiger partial charge in [0.05, 0.1) is 0 Å². The molecule has 0 saturated heterocycles. The van der Waals surface area contributed by atoms with E-state index in [1.54, 1.807) is 0 Å². The van der Waals surface area contributed by atoms with Crippen LogP contribution in [0.15, 0.2) is 29.7 Å². The van der Waals surface area contributed by atoms with E-state index in [4.69, 9.17) is 0 Å². The standard InChI is InChI=1S/C18H24N2S/c1-13-4-6-17(19-11-13)14-5-7-18-16(10-14)15(12-21-18)8-9-20(2)3/h5-7,10,12-13,19H,4,8-9,11H2,1-3H3. The molecular formula is C18H24N2S. The van der Waals surface area contributed by atoms with Gasteiger partial charge in [-0.05, 0) is 66.9 Å². The average molecular weight is 300 g/mol. The Hall–Kier alpha value is -1.32. The van der Waals surface area contributed by atoms with Crippen LogP contribution in [0.3, 0.4) is 0 Å². The molecule has 1 N–H and O–H groups in total. The van der Waals surface area contributed by atoms with Crippen LogP contribution in [0.5, 0.6) is 0 Å². The molecule has 0 fully saturated rings. The van der Waals surface area contributed by atoms with Crippen LogP contribution >= 0.6 is 11.3 Å². The van der Waals surface area contributed by atoms with Gasteiger partial charge in [-0.2, -0.15) is 0 Å². The van der Waals surface area contributed by atoms with Crippen molar-refractivity contribution in [1.82, 2.24) is 10.2 Å². The molecule has 2 heterocycles. The van der Waals surface area contributed by atoms with E-state index in [0.717, 1.165) is 25.4 Å². The van der Waals surface area contributed by atoms with Gasteiger partial charge in [-0.25, -0.2) is 0 Å². The molecule has 1 atom stereocenters. The first-order valence-corrected chi connectivity index (χ1v) is 8.60. The lowest BCUT2D eigenvalue weighted by atomic mass is 9.99. The summed E-state index contributed by atoms with van der Waals surface area (Å²) in [6.07, 6.45) is 4.65. The quantitative estimate of drug-likeness (QED) is 0.919. The van der Waals surface area contributed by atoms with E-state index in [1.165, 1.54) is 33.3 Å². The van der Waals surface area contributed by atoms with E-state index in [1.807, 2.05) is 11.3 Å². The third-order valence-corrected chi connectivity index (χ3v) is 5.17. The number of allylic oxidation sites excluding steroid dienone is 1. The Balaban J connectivity index is 1.89. The molecule has 1 unspecified atom stereocenters. The zero-order valence-corrected chi connectivity index (χ0v) is 14.0. The summed E-state index contributed by atoms with van der Waals surface area (Å²) in [5, 5.41) is 7.32. The predicted molar refractivity (Wildman–Crippen MR) is 93.8 cm³/mol. The van der Waals surface area contributed by atoms with Gasteiger partial charge in [-0.3, -0.25) is 0 Å². The highest BCUT2D eigenvalue weighted by molar-refractivity contribution is 7.17. The van der Waals surface area contributed by atoms with E-state index in [-0.39, 0.29) is 0 Å². The molecule has 0 aliphatic carbocycles. The molecular weight excluding hydrogens is 276 g/mol. The summed E-state index contributed by atoms with van der Waals surface area (Å²) in [4.78, 5) is 2.25. The van der Waals surface area contributed by atoms with Crippen molar-refractivity contribution >= 4 is 27.1 Å². The third kappa shape index (κ3) is 3.30. The average Bonchev–Trinajstić information content (AvgIpc) is 2.88. The zero-order valence-electron chi connectivity index (χ0n) is 13.1. The van der Waals surface area contributed by atoms with Crippen LogP contribution in [-0.2, 0) is 6.42 Å². The van der Waals surface area contributed by atoms with Crippen molar-refractivity contribution in [1.29, 1.82) is 0 Å². The van der Waals surface area contributed by atoms with Crippen molar-refractivity contribution in [2.75, 3.05) is 27.2 Å². The van der Waals surface area contributed by atoms with Gasteiger partial charge in [0.2, 0.25) is 0 Å². The van der Waals surface area contributed by atoms with Crippen LogP contribution < -0.4 is 5.32 Å². The molecule has 1 aliphatic rings. The van der Waals surface area contributed by atoms with Crippen molar-refractivity contribution < 1.29 is 0 Å². The number of hydrogen-bond donors (Lipinski definition) is 1. The van der Waals surface area contributed by atoms with Crippen molar-refractivity contribution in [3.8, 4) is 0 Å². The summed E-state index contributed by atoms with van der Waals surface area (Å²) in [7, 11) is 4.27. The van der Waals surface area contributed by atoms with Crippen molar-refractivity contribution in [2.45, 2.75) is 19.8 Å². The molecule has 0 saturated carbocycles. The fourth-order valence-electron chi connectivity index (χ4n) is 2.77. The maximum Gasteiger partial charge on any atom is 0.0373 e. The number of thiophene rings is 1. The molecule has 0 amide bonds. The lowest BCUT2D eigenvalue weighted by Crippen LogP contribution is -2.23. The largest absolute Gasteiger partial charge is 0.385 e. The molecule has 3 heteroatoms. The van der Waals surface area contributed by atoms with Crippen LogP contribution in [0.25, 0.3) is 15.8 Å². The Morgan fingerprint density at radius 3 is 2.90 bits per heavy atom. The summed E-state index contributed by atoms with van der Waals surface area (Å²) >= 11 is 1.86. The zero-order chi connectivity index (χ0) is 14.8. The van der Waals surface area contributed by atoms with Crippen molar-refractivity contribution in [3.63, 3.8) is 0 Å². The normalized spacial score (nSPS) is 18.9. The number of benzene rings is 1. The van der Waals surface area contributed by atoms with Crippen molar-refractivity contribution in [3.05, 3.63) is 40.8 Å². The molecule has 1 aromatic heterocycles. The van der Waals surface area contributed by atoms with E-state index in [0.29, 0.717) is 0 Å². The number of nitrogens with zero attached hydrogens (tertiary/aromatic N) is 1. The van der Waals surface area contributed by atoms with Gasteiger partial charge in [0.15, 0.2) is 0 Å². The molecule has 0 bridgehead atoms. The minimum Gasteiger partial charge on any atom is -0.385 e. The number of nitrogens with one attached hydrogen (secondary N) is 1. The van der Waals surface area contributed by atoms with E-state index in [2.05, 4.69) is 60.9 Å². The first-order valence-electron chi connectivity index (χ1n) is 7.73. The highest BCUT2D eigenvalue weighted by Gasteiger charge is 2.12. The lowest BCUT2D eigenvalue weighted by Gasteiger charge is -2.21. The van der Waals surface area contributed by atoms with Gasteiger partial charge in [0.25, 0.3) is 0 Å².